The van der Waals surface area contributed by atoms with E-state index in [0.717, 1.165) is 29.0 Å². The Hall–Kier alpha value is -0.870. The summed E-state index contributed by atoms with van der Waals surface area (Å²) in [5.41, 5.74) is 0.720. The highest BCUT2D eigenvalue weighted by Gasteiger charge is 2.20. The minimum absolute atomic E-state index is 0.0213. The highest BCUT2D eigenvalue weighted by atomic mass is 79.9. The van der Waals surface area contributed by atoms with Crippen molar-refractivity contribution in [3.05, 3.63) is 34.3 Å². The highest BCUT2D eigenvalue weighted by molar-refractivity contribution is 9.10. The summed E-state index contributed by atoms with van der Waals surface area (Å²) in [4.78, 5) is 13.7. The molecule has 1 saturated heterocycles. The summed E-state index contributed by atoms with van der Waals surface area (Å²) >= 11 is 3.39. The van der Waals surface area contributed by atoms with Crippen LogP contribution in [0.1, 0.15) is 43.0 Å². The lowest BCUT2D eigenvalue weighted by atomic mass is 10.0. The van der Waals surface area contributed by atoms with Crippen molar-refractivity contribution in [3.63, 3.8) is 0 Å². The summed E-state index contributed by atoms with van der Waals surface area (Å²) in [6.07, 6.45) is 5.13. The number of hydrogen-bond donors (Lipinski definition) is 2. The second kappa shape index (κ2) is 7.79. The van der Waals surface area contributed by atoms with Crippen LogP contribution in [0.5, 0.6) is 0 Å². The van der Waals surface area contributed by atoms with Gasteiger partial charge >= 0.3 is 0 Å². The molecule has 1 amide bonds. The standard InChI is InChI=1S/C16H23BrN2O/c1-13-6-2-3-10-19(13)11-5-9-18-16(20)14-7-4-8-15(17)12-14/h4,7-8,12-13H,2-3,5-6,9-11H2,1H3,(H,18,20)/p+1/t13-/m1/s1. The average molecular weight is 340 g/mol. The Labute approximate surface area is 129 Å². The molecule has 2 N–H and O–H groups in total. The van der Waals surface area contributed by atoms with Crippen LogP contribution in [-0.2, 0) is 0 Å². The molecule has 0 saturated carbocycles. The molecule has 1 aliphatic rings. The van der Waals surface area contributed by atoms with Crippen LogP contribution >= 0.6 is 15.9 Å². The molecular weight excluding hydrogens is 316 g/mol. The van der Waals surface area contributed by atoms with Crippen molar-refractivity contribution in [1.82, 2.24) is 5.32 Å². The van der Waals surface area contributed by atoms with Crippen LogP contribution in [0.2, 0.25) is 0 Å². The van der Waals surface area contributed by atoms with E-state index in [2.05, 4.69) is 28.2 Å². The molecule has 4 heteroatoms. The van der Waals surface area contributed by atoms with E-state index in [1.807, 2.05) is 24.3 Å². The van der Waals surface area contributed by atoms with Gasteiger partial charge in [-0.25, -0.2) is 0 Å². The Morgan fingerprint density at radius 2 is 2.30 bits per heavy atom. The van der Waals surface area contributed by atoms with E-state index in [1.165, 1.54) is 32.4 Å². The van der Waals surface area contributed by atoms with Crippen LogP contribution in [0.3, 0.4) is 0 Å². The first-order valence-electron chi connectivity index (χ1n) is 7.55. The van der Waals surface area contributed by atoms with Gasteiger partial charge in [0.05, 0.1) is 19.1 Å². The van der Waals surface area contributed by atoms with E-state index in [-0.39, 0.29) is 5.91 Å². The third-order valence-corrected chi connectivity index (χ3v) is 4.62. The molecule has 110 valence electrons. The number of halogens is 1. The fourth-order valence-corrected chi connectivity index (χ4v) is 3.27. The molecule has 1 aromatic carbocycles. The van der Waals surface area contributed by atoms with Crippen molar-refractivity contribution in [2.45, 2.75) is 38.6 Å². The minimum Gasteiger partial charge on any atom is -0.352 e. The maximum atomic E-state index is 12.0. The van der Waals surface area contributed by atoms with Gasteiger partial charge in [-0.3, -0.25) is 4.79 Å². The maximum Gasteiger partial charge on any atom is 0.251 e. The van der Waals surface area contributed by atoms with Gasteiger partial charge in [0.15, 0.2) is 0 Å². The normalized spacial score (nSPS) is 22.5. The molecule has 1 aliphatic heterocycles. The minimum atomic E-state index is 0.0213. The number of nitrogens with one attached hydrogen (secondary N) is 2. The second-order valence-corrected chi connectivity index (χ2v) is 6.59. The molecule has 0 aliphatic carbocycles. The third kappa shape index (κ3) is 4.60. The molecule has 0 spiro atoms. The number of carbonyl (C=O) groups is 1. The summed E-state index contributed by atoms with van der Waals surface area (Å²) in [5, 5.41) is 3.01. The zero-order chi connectivity index (χ0) is 14.4. The van der Waals surface area contributed by atoms with Crippen LogP contribution in [0.15, 0.2) is 28.7 Å². The summed E-state index contributed by atoms with van der Waals surface area (Å²) in [6.45, 7) is 5.57. The second-order valence-electron chi connectivity index (χ2n) is 5.67. The fourth-order valence-electron chi connectivity index (χ4n) is 2.87. The SMILES string of the molecule is C[C@@H]1CCCC[NH+]1CCCNC(=O)c1cccc(Br)c1. The van der Waals surface area contributed by atoms with Gasteiger partial charge in [-0.05, 0) is 44.4 Å². The summed E-state index contributed by atoms with van der Waals surface area (Å²) in [5.74, 6) is 0.0213. The van der Waals surface area contributed by atoms with Crippen molar-refractivity contribution in [3.8, 4) is 0 Å². The fraction of sp³-hybridized carbons (Fsp3) is 0.562. The van der Waals surface area contributed by atoms with Crippen LogP contribution in [-0.4, -0.2) is 31.6 Å². The van der Waals surface area contributed by atoms with Gasteiger partial charge in [0, 0.05) is 23.0 Å². The van der Waals surface area contributed by atoms with Gasteiger partial charge < -0.3 is 10.2 Å². The molecule has 2 rings (SSSR count). The van der Waals surface area contributed by atoms with Crippen LogP contribution in [0, 0.1) is 0 Å². The van der Waals surface area contributed by atoms with Gasteiger partial charge in [-0.1, -0.05) is 22.0 Å². The summed E-state index contributed by atoms with van der Waals surface area (Å²) < 4.78 is 0.941. The molecule has 1 fully saturated rings. The molecule has 20 heavy (non-hydrogen) atoms. The van der Waals surface area contributed by atoms with Crippen molar-refractivity contribution < 1.29 is 9.69 Å². The molecule has 1 unspecified atom stereocenters. The zero-order valence-electron chi connectivity index (χ0n) is 12.1. The number of piperidine rings is 1. The van der Waals surface area contributed by atoms with Crippen LogP contribution in [0.25, 0.3) is 0 Å². The van der Waals surface area contributed by atoms with Crippen molar-refractivity contribution in [2.24, 2.45) is 0 Å². The summed E-state index contributed by atoms with van der Waals surface area (Å²) in [7, 11) is 0. The predicted octanol–water partition coefficient (Wildman–Crippen LogP) is 2.03. The van der Waals surface area contributed by atoms with Gasteiger partial charge in [0.2, 0.25) is 0 Å². The monoisotopic (exact) mass is 339 g/mol. The van der Waals surface area contributed by atoms with Gasteiger partial charge in [-0.15, -0.1) is 0 Å². The topological polar surface area (TPSA) is 33.5 Å². The number of hydrogen-bond acceptors (Lipinski definition) is 1. The molecule has 0 bridgehead atoms. The van der Waals surface area contributed by atoms with Gasteiger partial charge in [0.25, 0.3) is 5.91 Å². The van der Waals surface area contributed by atoms with E-state index in [4.69, 9.17) is 0 Å². The highest BCUT2D eigenvalue weighted by Crippen LogP contribution is 2.11. The number of amides is 1. The Balaban J connectivity index is 1.69. The molecule has 3 nitrogen and oxygen atoms in total. The molecule has 0 radical (unpaired) electrons. The first-order chi connectivity index (χ1) is 9.66. The van der Waals surface area contributed by atoms with Crippen molar-refractivity contribution in [1.29, 1.82) is 0 Å². The van der Waals surface area contributed by atoms with E-state index in [1.54, 1.807) is 4.90 Å². The van der Waals surface area contributed by atoms with Crippen molar-refractivity contribution >= 4 is 21.8 Å². The summed E-state index contributed by atoms with van der Waals surface area (Å²) in [6, 6.07) is 8.30. The number of benzene rings is 1. The Morgan fingerprint density at radius 1 is 1.45 bits per heavy atom. The Kier molecular flexibility index (Phi) is 6.05. The van der Waals surface area contributed by atoms with E-state index >= 15 is 0 Å². The smallest absolute Gasteiger partial charge is 0.251 e. The molecule has 1 heterocycles. The molecule has 2 atom stereocenters. The molecule has 0 aromatic heterocycles. The number of likely N-dealkylation sites (tertiary alicyclic amines) is 1. The van der Waals surface area contributed by atoms with Gasteiger partial charge in [0.1, 0.15) is 0 Å². The molecular formula is C16H24BrN2O+. The third-order valence-electron chi connectivity index (χ3n) is 4.13. The average Bonchev–Trinajstić information content (AvgIpc) is 2.45. The van der Waals surface area contributed by atoms with Crippen LogP contribution < -0.4 is 10.2 Å². The number of carbonyl (C=O) groups excluding carboxylic acids is 1. The number of quaternary nitrogens is 1. The van der Waals surface area contributed by atoms with E-state index < -0.39 is 0 Å². The Bertz CT molecular complexity index is 450. The first kappa shape index (κ1) is 15.5. The van der Waals surface area contributed by atoms with Crippen molar-refractivity contribution in [2.75, 3.05) is 19.6 Å². The Morgan fingerprint density at radius 3 is 3.05 bits per heavy atom. The first-order valence-corrected chi connectivity index (χ1v) is 8.34. The lowest BCUT2D eigenvalue weighted by Crippen LogP contribution is -3.16. The largest absolute Gasteiger partial charge is 0.352 e. The molecule has 1 aromatic rings. The zero-order valence-corrected chi connectivity index (χ0v) is 13.7. The maximum absolute atomic E-state index is 12.0. The predicted molar refractivity (Wildman–Crippen MR) is 85.1 cm³/mol. The van der Waals surface area contributed by atoms with E-state index in [9.17, 15) is 4.79 Å². The van der Waals surface area contributed by atoms with Crippen LogP contribution in [0.4, 0.5) is 0 Å². The van der Waals surface area contributed by atoms with Gasteiger partial charge in [-0.2, -0.15) is 0 Å². The van der Waals surface area contributed by atoms with E-state index in [0.29, 0.717) is 0 Å². The number of rotatable bonds is 5. The lowest BCUT2D eigenvalue weighted by Gasteiger charge is -2.30. The lowest BCUT2D eigenvalue weighted by molar-refractivity contribution is -0.928. The quantitative estimate of drug-likeness (QED) is 0.790.